The van der Waals surface area contributed by atoms with Crippen LogP contribution in [0.15, 0.2) is 79.0 Å². The lowest BCUT2D eigenvalue weighted by Gasteiger charge is -2.28. The van der Waals surface area contributed by atoms with Gasteiger partial charge in [0.2, 0.25) is 5.91 Å². The topological polar surface area (TPSA) is 43.7 Å². The van der Waals surface area contributed by atoms with Crippen LogP contribution >= 0.6 is 0 Å². The Labute approximate surface area is 206 Å². The second kappa shape index (κ2) is 10.4. The van der Waals surface area contributed by atoms with Crippen molar-refractivity contribution in [3.8, 4) is 5.75 Å². The van der Waals surface area contributed by atoms with Crippen molar-refractivity contribution in [1.29, 1.82) is 0 Å². The van der Waals surface area contributed by atoms with Gasteiger partial charge in [0.1, 0.15) is 5.75 Å². The van der Waals surface area contributed by atoms with Gasteiger partial charge in [-0.25, -0.2) is 0 Å². The standard InChI is InChI=1S/C30H32N2O3/c1-22-7-9-23(10-8-22)20-32-21-28(26-5-3-4-6-29(26)32)27(24-11-13-25(34-2)14-12-24)19-30(33)31-15-17-35-18-16-31/h3-14,21,27H,15-20H2,1-2H3/t27-/m1/s1. The summed E-state index contributed by atoms with van der Waals surface area (Å²) in [6.45, 7) is 5.42. The molecule has 1 fully saturated rings. The van der Waals surface area contributed by atoms with Gasteiger partial charge >= 0.3 is 0 Å². The van der Waals surface area contributed by atoms with Crippen LogP contribution in [0.5, 0.6) is 5.75 Å². The molecule has 0 spiro atoms. The number of hydrogen-bond donors (Lipinski definition) is 0. The van der Waals surface area contributed by atoms with Gasteiger partial charge in [-0.15, -0.1) is 0 Å². The maximum absolute atomic E-state index is 13.4. The SMILES string of the molecule is COc1ccc([C@@H](CC(=O)N2CCOCC2)c2cn(Cc3ccc(C)cc3)c3ccccc23)cc1. The minimum Gasteiger partial charge on any atom is -0.497 e. The van der Waals surface area contributed by atoms with Gasteiger partial charge in [0.15, 0.2) is 0 Å². The normalized spacial score (nSPS) is 14.7. The molecular weight excluding hydrogens is 436 g/mol. The summed E-state index contributed by atoms with van der Waals surface area (Å²) < 4.78 is 13.2. The molecule has 0 bridgehead atoms. The molecule has 1 aromatic heterocycles. The average molecular weight is 469 g/mol. The molecule has 5 heteroatoms. The van der Waals surface area contributed by atoms with Crippen molar-refractivity contribution in [2.45, 2.75) is 25.8 Å². The summed E-state index contributed by atoms with van der Waals surface area (Å²) in [6.07, 6.45) is 2.66. The van der Waals surface area contributed by atoms with Crippen LogP contribution in [0.4, 0.5) is 0 Å². The van der Waals surface area contributed by atoms with Crippen molar-refractivity contribution in [2.75, 3.05) is 33.4 Å². The highest BCUT2D eigenvalue weighted by Gasteiger charge is 2.26. The molecule has 1 atom stereocenters. The van der Waals surface area contributed by atoms with Crippen LogP contribution in [0.3, 0.4) is 0 Å². The number of rotatable bonds is 7. The monoisotopic (exact) mass is 468 g/mol. The van der Waals surface area contributed by atoms with Gasteiger partial charge in [-0.1, -0.05) is 60.2 Å². The second-order valence-electron chi connectivity index (χ2n) is 9.24. The van der Waals surface area contributed by atoms with Crippen LogP contribution in [0.2, 0.25) is 0 Å². The highest BCUT2D eigenvalue weighted by Crippen LogP contribution is 2.36. The lowest BCUT2D eigenvalue weighted by molar-refractivity contribution is -0.135. The van der Waals surface area contributed by atoms with Crippen LogP contribution < -0.4 is 4.74 Å². The van der Waals surface area contributed by atoms with E-state index in [1.807, 2.05) is 17.0 Å². The predicted molar refractivity (Wildman–Crippen MR) is 139 cm³/mol. The molecule has 180 valence electrons. The Morgan fingerprint density at radius 1 is 0.971 bits per heavy atom. The number of fused-ring (bicyclic) bond motifs is 1. The highest BCUT2D eigenvalue weighted by atomic mass is 16.5. The van der Waals surface area contributed by atoms with Crippen molar-refractivity contribution in [3.05, 3.63) is 101 Å². The molecular formula is C30H32N2O3. The predicted octanol–water partition coefficient (Wildman–Crippen LogP) is 5.39. The first-order valence-electron chi connectivity index (χ1n) is 12.2. The number of benzene rings is 3. The van der Waals surface area contributed by atoms with E-state index in [2.05, 4.69) is 78.4 Å². The van der Waals surface area contributed by atoms with E-state index in [1.165, 1.54) is 27.6 Å². The van der Waals surface area contributed by atoms with E-state index >= 15 is 0 Å². The van der Waals surface area contributed by atoms with Crippen molar-refractivity contribution >= 4 is 16.8 Å². The zero-order valence-electron chi connectivity index (χ0n) is 20.4. The quantitative estimate of drug-likeness (QED) is 0.365. The van der Waals surface area contributed by atoms with E-state index in [-0.39, 0.29) is 11.8 Å². The van der Waals surface area contributed by atoms with E-state index in [0.717, 1.165) is 17.9 Å². The number of ether oxygens (including phenoxy) is 2. The molecule has 2 heterocycles. The fourth-order valence-electron chi connectivity index (χ4n) is 4.93. The van der Waals surface area contributed by atoms with Gasteiger partial charge in [0.25, 0.3) is 0 Å². The maximum Gasteiger partial charge on any atom is 0.223 e. The summed E-state index contributed by atoms with van der Waals surface area (Å²) in [5.41, 5.74) is 5.99. The number of aromatic nitrogens is 1. The summed E-state index contributed by atoms with van der Waals surface area (Å²) >= 11 is 0. The Morgan fingerprint density at radius 3 is 2.40 bits per heavy atom. The molecule has 0 aliphatic carbocycles. The summed E-state index contributed by atoms with van der Waals surface area (Å²) in [7, 11) is 1.67. The van der Waals surface area contributed by atoms with Gasteiger partial charge in [-0.05, 0) is 41.8 Å². The minimum absolute atomic E-state index is 0.0552. The third-order valence-electron chi connectivity index (χ3n) is 6.93. The number of para-hydroxylation sites is 1. The Kier molecular flexibility index (Phi) is 6.87. The second-order valence-corrected chi connectivity index (χ2v) is 9.24. The molecule has 5 rings (SSSR count). The number of methoxy groups -OCH3 is 1. The molecule has 1 aliphatic rings. The van der Waals surface area contributed by atoms with Crippen molar-refractivity contribution in [1.82, 2.24) is 9.47 Å². The lowest BCUT2D eigenvalue weighted by Crippen LogP contribution is -2.41. The van der Waals surface area contributed by atoms with Crippen LogP contribution in [0, 0.1) is 6.92 Å². The first kappa shape index (κ1) is 23.2. The maximum atomic E-state index is 13.4. The summed E-state index contributed by atoms with van der Waals surface area (Å²) in [6, 6.07) is 25.3. The molecule has 0 N–H and O–H groups in total. The number of morpholine rings is 1. The van der Waals surface area contributed by atoms with Crippen LogP contribution in [0.1, 0.15) is 34.6 Å². The van der Waals surface area contributed by atoms with E-state index in [4.69, 9.17) is 9.47 Å². The molecule has 3 aromatic carbocycles. The number of hydrogen-bond acceptors (Lipinski definition) is 3. The van der Waals surface area contributed by atoms with Crippen molar-refractivity contribution in [3.63, 3.8) is 0 Å². The Morgan fingerprint density at radius 2 is 1.69 bits per heavy atom. The Balaban J connectivity index is 1.55. The van der Waals surface area contributed by atoms with E-state index in [0.29, 0.717) is 32.7 Å². The van der Waals surface area contributed by atoms with Gasteiger partial charge in [0.05, 0.1) is 20.3 Å². The molecule has 4 aromatic rings. The third-order valence-corrected chi connectivity index (χ3v) is 6.93. The van der Waals surface area contributed by atoms with Crippen molar-refractivity contribution in [2.24, 2.45) is 0 Å². The first-order valence-corrected chi connectivity index (χ1v) is 12.2. The molecule has 35 heavy (non-hydrogen) atoms. The Bertz CT molecular complexity index is 1290. The average Bonchev–Trinajstić information content (AvgIpc) is 3.27. The number of aryl methyl sites for hydroxylation is 1. The molecule has 0 unspecified atom stereocenters. The van der Waals surface area contributed by atoms with Gasteiger partial charge < -0.3 is 18.9 Å². The Hall–Kier alpha value is -3.57. The number of carbonyl (C=O) groups is 1. The van der Waals surface area contributed by atoms with Gasteiger partial charge in [0, 0.05) is 49.1 Å². The fraction of sp³-hybridized carbons (Fsp3) is 0.300. The minimum atomic E-state index is -0.0552. The van der Waals surface area contributed by atoms with Crippen LogP contribution in [-0.4, -0.2) is 48.8 Å². The highest BCUT2D eigenvalue weighted by molar-refractivity contribution is 5.87. The molecule has 5 nitrogen and oxygen atoms in total. The molecule has 0 saturated carbocycles. The summed E-state index contributed by atoms with van der Waals surface area (Å²) in [5, 5.41) is 1.19. The van der Waals surface area contributed by atoms with Crippen molar-refractivity contribution < 1.29 is 14.3 Å². The fourth-order valence-corrected chi connectivity index (χ4v) is 4.93. The lowest BCUT2D eigenvalue weighted by atomic mass is 9.87. The van der Waals surface area contributed by atoms with Crippen LogP contribution in [-0.2, 0) is 16.1 Å². The molecule has 1 amide bonds. The largest absolute Gasteiger partial charge is 0.497 e. The van der Waals surface area contributed by atoms with E-state index in [9.17, 15) is 4.79 Å². The number of amides is 1. The zero-order valence-corrected chi connectivity index (χ0v) is 20.4. The summed E-state index contributed by atoms with van der Waals surface area (Å²) in [4.78, 5) is 15.3. The smallest absolute Gasteiger partial charge is 0.223 e. The van der Waals surface area contributed by atoms with E-state index < -0.39 is 0 Å². The summed E-state index contributed by atoms with van der Waals surface area (Å²) in [5.74, 6) is 0.929. The van der Waals surface area contributed by atoms with Gasteiger partial charge in [-0.2, -0.15) is 0 Å². The van der Waals surface area contributed by atoms with E-state index in [1.54, 1.807) is 7.11 Å². The molecule has 1 saturated heterocycles. The zero-order chi connectivity index (χ0) is 24.2. The number of carbonyl (C=O) groups excluding carboxylic acids is 1. The van der Waals surface area contributed by atoms with Gasteiger partial charge in [-0.3, -0.25) is 4.79 Å². The third kappa shape index (κ3) is 5.10. The molecule has 1 aliphatic heterocycles. The number of nitrogens with zero attached hydrogens (tertiary/aromatic N) is 2. The molecule has 0 radical (unpaired) electrons. The van der Waals surface area contributed by atoms with Crippen LogP contribution in [0.25, 0.3) is 10.9 Å². The first-order chi connectivity index (χ1) is 17.1.